The van der Waals surface area contributed by atoms with E-state index in [1.54, 1.807) is 0 Å². The molecule has 0 aliphatic carbocycles. The van der Waals surface area contributed by atoms with Crippen LogP contribution in [0.4, 0.5) is 0 Å². The van der Waals surface area contributed by atoms with Crippen LogP contribution in [0, 0.1) is 0 Å². The van der Waals surface area contributed by atoms with E-state index in [-0.39, 0.29) is 0 Å². The molecule has 3 rings (SSSR count). The minimum absolute atomic E-state index is 0.731. The Bertz CT molecular complexity index is 408. The zero-order valence-electron chi connectivity index (χ0n) is 10.8. The van der Waals surface area contributed by atoms with Crippen molar-refractivity contribution in [2.45, 2.75) is 31.8 Å². The first kappa shape index (κ1) is 11.2. The van der Waals surface area contributed by atoms with Crippen molar-refractivity contribution in [2.24, 2.45) is 0 Å². The summed E-state index contributed by atoms with van der Waals surface area (Å²) < 4.78 is 0. The fourth-order valence-electron chi connectivity index (χ4n) is 3.00. The minimum atomic E-state index is 0.731. The van der Waals surface area contributed by atoms with Crippen molar-refractivity contribution in [1.29, 1.82) is 0 Å². The van der Waals surface area contributed by atoms with Gasteiger partial charge in [-0.15, -0.1) is 0 Å². The Labute approximate surface area is 103 Å². The van der Waals surface area contributed by atoms with Crippen LogP contribution in [0.3, 0.4) is 0 Å². The van der Waals surface area contributed by atoms with Crippen LogP contribution in [0.25, 0.3) is 0 Å². The SMILES string of the molecule is CN1CCC(c2cnc3c(c2)CN(C)C3)CC1. The summed E-state index contributed by atoms with van der Waals surface area (Å²) in [5.74, 6) is 0.731. The summed E-state index contributed by atoms with van der Waals surface area (Å²) >= 11 is 0. The smallest absolute Gasteiger partial charge is 0.0589 e. The number of rotatable bonds is 1. The Hall–Kier alpha value is -0.930. The van der Waals surface area contributed by atoms with Crippen LogP contribution in [0.1, 0.15) is 35.6 Å². The highest BCUT2D eigenvalue weighted by atomic mass is 15.1. The van der Waals surface area contributed by atoms with Gasteiger partial charge in [0.15, 0.2) is 0 Å². The molecular weight excluding hydrogens is 210 g/mol. The molecule has 1 aromatic heterocycles. The molecule has 2 aliphatic rings. The lowest BCUT2D eigenvalue weighted by atomic mass is 9.90. The number of likely N-dealkylation sites (tertiary alicyclic amines) is 1. The van der Waals surface area contributed by atoms with Gasteiger partial charge >= 0.3 is 0 Å². The summed E-state index contributed by atoms with van der Waals surface area (Å²) in [6.07, 6.45) is 4.69. The average Bonchev–Trinajstić information content (AvgIpc) is 2.69. The van der Waals surface area contributed by atoms with Crippen LogP contribution in [-0.2, 0) is 13.1 Å². The van der Waals surface area contributed by atoms with Crippen LogP contribution >= 0.6 is 0 Å². The van der Waals surface area contributed by atoms with E-state index in [2.05, 4.69) is 41.1 Å². The lowest BCUT2D eigenvalue weighted by molar-refractivity contribution is 0.255. The van der Waals surface area contributed by atoms with Gasteiger partial charge in [0.05, 0.1) is 5.69 Å². The van der Waals surface area contributed by atoms with Gasteiger partial charge in [0.1, 0.15) is 0 Å². The van der Waals surface area contributed by atoms with E-state index in [1.165, 1.54) is 42.8 Å². The third-order valence-electron chi connectivity index (χ3n) is 4.13. The Morgan fingerprint density at radius 3 is 2.65 bits per heavy atom. The number of fused-ring (bicyclic) bond motifs is 1. The predicted octanol–water partition coefficient (Wildman–Crippen LogP) is 1.84. The van der Waals surface area contributed by atoms with Crippen LogP contribution in [0.2, 0.25) is 0 Å². The third-order valence-corrected chi connectivity index (χ3v) is 4.13. The summed E-state index contributed by atoms with van der Waals surface area (Å²) in [7, 11) is 4.38. The standard InChI is InChI=1S/C14H21N3/c1-16-5-3-11(4-6-16)12-7-13-9-17(2)10-14(13)15-8-12/h7-8,11H,3-6,9-10H2,1-2H3. The second-order valence-corrected chi connectivity index (χ2v) is 5.62. The highest BCUT2D eigenvalue weighted by molar-refractivity contribution is 5.30. The van der Waals surface area contributed by atoms with Crippen molar-refractivity contribution in [1.82, 2.24) is 14.8 Å². The van der Waals surface area contributed by atoms with Gasteiger partial charge in [-0.05, 0) is 57.1 Å². The molecule has 92 valence electrons. The Morgan fingerprint density at radius 1 is 1.12 bits per heavy atom. The molecular formula is C14H21N3. The van der Waals surface area contributed by atoms with Gasteiger partial charge < -0.3 is 4.90 Å². The van der Waals surface area contributed by atoms with Crippen LogP contribution in [0.15, 0.2) is 12.3 Å². The van der Waals surface area contributed by atoms with Gasteiger partial charge in [-0.3, -0.25) is 9.88 Å². The zero-order chi connectivity index (χ0) is 11.8. The summed E-state index contributed by atoms with van der Waals surface area (Å²) in [6, 6.07) is 2.40. The monoisotopic (exact) mass is 231 g/mol. The van der Waals surface area contributed by atoms with Crippen molar-refractivity contribution in [2.75, 3.05) is 27.2 Å². The molecule has 0 aromatic carbocycles. The molecule has 0 unspecified atom stereocenters. The molecule has 1 fully saturated rings. The number of nitrogens with zero attached hydrogens (tertiary/aromatic N) is 3. The van der Waals surface area contributed by atoms with E-state index >= 15 is 0 Å². The molecule has 0 saturated carbocycles. The summed E-state index contributed by atoms with van der Waals surface area (Å²) in [5, 5.41) is 0. The van der Waals surface area contributed by atoms with E-state index in [4.69, 9.17) is 0 Å². The molecule has 3 heterocycles. The van der Waals surface area contributed by atoms with E-state index < -0.39 is 0 Å². The zero-order valence-corrected chi connectivity index (χ0v) is 10.8. The molecule has 0 radical (unpaired) electrons. The van der Waals surface area contributed by atoms with Crippen molar-refractivity contribution in [3.8, 4) is 0 Å². The van der Waals surface area contributed by atoms with Gasteiger partial charge in [-0.2, -0.15) is 0 Å². The minimum Gasteiger partial charge on any atom is -0.306 e. The fourth-order valence-corrected chi connectivity index (χ4v) is 3.00. The summed E-state index contributed by atoms with van der Waals surface area (Å²) in [5.41, 5.74) is 4.19. The topological polar surface area (TPSA) is 19.4 Å². The lowest BCUT2D eigenvalue weighted by Gasteiger charge is -2.29. The molecule has 0 amide bonds. The molecule has 0 N–H and O–H groups in total. The number of hydrogen-bond acceptors (Lipinski definition) is 3. The average molecular weight is 231 g/mol. The Kier molecular flexibility index (Phi) is 2.89. The van der Waals surface area contributed by atoms with Crippen molar-refractivity contribution >= 4 is 0 Å². The van der Waals surface area contributed by atoms with Gasteiger partial charge in [0.2, 0.25) is 0 Å². The largest absolute Gasteiger partial charge is 0.306 e. The maximum atomic E-state index is 4.65. The molecule has 1 saturated heterocycles. The van der Waals surface area contributed by atoms with Gasteiger partial charge in [-0.25, -0.2) is 0 Å². The quantitative estimate of drug-likeness (QED) is 0.735. The first-order valence-corrected chi connectivity index (χ1v) is 6.57. The first-order valence-electron chi connectivity index (χ1n) is 6.57. The molecule has 1 aromatic rings. The Morgan fingerprint density at radius 2 is 1.88 bits per heavy atom. The fraction of sp³-hybridized carbons (Fsp3) is 0.643. The molecule has 2 aliphatic heterocycles. The maximum Gasteiger partial charge on any atom is 0.0589 e. The molecule has 3 heteroatoms. The van der Waals surface area contributed by atoms with Gasteiger partial charge in [0, 0.05) is 19.3 Å². The van der Waals surface area contributed by atoms with Gasteiger partial charge in [0.25, 0.3) is 0 Å². The highest BCUT2D eigenvalue weighted by Crippen LogP contribution is 2.30. The van der Waals surface area contributed by atoms with Gasteiger partial charge in [-0.1, -0.05) is 6.07 Å². The highest BCUT2D eigenvalue weighted by Gasteiger charge is 2.22. The molecule has 0 spiro atoms. The molecule has 3 nitrogen and oxygen atoms in total. The van der Waals surface area contributed by atoms with Crippen LogP contribution in [0.5, 0.6) is 0 Å². The lowest BCUT2D eigenvalue weighted by Crippen LogP contribution is -2.29. The van der Waals surface area contributed by atoms with Crippen molar-refractivity contribution in [3.05, 3.63) is 29.1 Å². The van der Waals surface area contributed by atoms with E-state index in [1.807, 2.05) is 0 Å². The summed E-state index contributed by atoms with van der Waals surface area (Å²) in [4.78, 5) is 9.40. The number of hydrogen-bond donors (Lipinski definition) is 0. The van der Waals surface area contributed by atoms with E-state index in [0.717, 1.165) is 19.0 Å². The second-order valence-electron chi connectivity index (χ2n) is 5.62. The summed E-state index contributed by atoms with van der Waals surface area (Å²) in [6.45, 7) is 4.54. The molecule has 0 bridgehead atoms. The maximum absolute atomic E-state index is 4.65. The van der Waals surface area contributed by atoms with E-state index in [0.29, 0.717) is 0 Å². The van der Waals surface area contributed by atoms with E-state index in [9.17, 15) is 0 Å². The molecule has 0 atom stereocenters. The van der Waals surface area contributed by atoms with Crippen molar-refractivity contribution in [3.63, 3.8) is 0 Å². The number of piperidine rings is 1. The first-order chi connectivity index (χ1) is 8.22. The molecule has 17 heavy (non-hydrogen) atoms. The second kappa shape index (κ2) is 4.39. The van der Waals surface area contributed by atoms with Crippen LogP contribution in [-0.4, -0.2) is 42.0 Å². The number of pyridine rings is 1. The van der Waals surface area contributed by atoms with Crippen molar-refractivity contribution < 1.29 is 0 Å². The normalized spacial score (nSPS) is 22.9. The number of aromatic nitrogens is 1. The third kappa shape index (κ3) is 2.22. The Balaban J connectivity index is 1.78. The predicted molar refractivity (Wildman–Crippen MR) is 68.9 cm³/mol. The van der Waals surface area contributed by atoms with Crippen LogP contribution < -0.4 is 0 Å².